The molecule has 0 saturated carbocycles. The Labute approximate surface area is 120 Å². The zero-order valence-corrected chi connectivity index (χ0v) is 12.4. The smallest absolute Gasteiger partial charge is 0.282 e. The molecule has 1 aromatic carbocycles. The van der Waals surface area contributed by atoms with Crippen LogP contribution in [0.1, 0.15) is 11.1 Å². The highest BCUT2D eigenvalue weighted by molar-refractivity contribution is 7.90. The molecule has 0 bridgehead atoms. The fraction of sp³-hybridized carbons (Fsp3) is 0.111. The van der Waals surface area contributed by atoms with Crippen molar-refractivity contribution in [3.05, 3.63) is 23.3 Å². The van der Waals surface area contributed by atoms with Gasteiger partial charge in [0, 0.05) is 0 Å². The van der Waals surface area contributed by atoms with Crippen LogP contribution in [0, 0.1) is 0 Å². The number of hydrogen-bond donors (Lipinski definition) is 3. The predicted molar refractivity (Wildman–Crippen MR) is 68.6 cm³/mol. The monoisotopic (exact) mass is 356 g/mol. The summed E-state index contributed by atoms with van der Waals surface area (Å²) in [7, 11) is -15.7. The highest BCUT2D eigenvalue weighted by atomic mass is 32.2. The van der Waals surface area contributed by atoms with Crippen molar-refractivity contribution in [3.63, 3.8) is 0 Å². The summed E-state index contributed by atoms with van der Waals surface area (Å²) >= 11 is 0. The van der Waals surface area contributed by atoms with Crippen molar-refractivity contribution >= 4 is 36.4 Å². The van der Waals surface area contributed by atoms with E-state index in [1.165, 1.54) is 12.2 Å². The molecule has 3 N–H and O–H groups in total. The van der Waals surface area contributed by atoms with Gasteiger partial charge in [0.05, 0.1) is 0 Å². The van der Waals surface area contributed by atoms with Gasteiger partial charge in [0.25, 0.3) is 30.4 Å². The first-order valence-corrected chi connectivity index (χ1v) is 9.44. The standard InChI is InChI=1S/C9H8O9S3/c10-19(11,12)7-4-5-2-1-3-6(5)8(20(13,14)15)9(7)21(16,17)18/h1-2,4H,3H2,(H,10,11,12)(H,13,14,15)(H,16,17,18). The summed E-state index contributed by atoms with van der Waals surface area (Å²) in [6.45, 7) is 0. The van der Waals surface area contributed by atoms with E-state index >= 15 is 0 Å². The highest BCUT2D eigenvalue weighted by Gasteiger charge is 2.36. The molecule has 1 aliphatic carbocycles. The van der Waals surface area contributed by atoms with Crippen LogP contribution in [0.2, 0.25) is 0 Å². The number of benzene rings is 1. The van der Waals surface area contributed by atoms with Crippen molar-refractivity contribution < 1.29 is 38.9 Å². The van der Waals surface area contributed by atoms with Crippen molar-refractivity contribution in [3.8, 4) is 0 Å². The van der Waals surface area contributed by atoms with Gasteiger partial charge in [-0.15, -0.1) is 0 Å². The van der Waals surface area contributed by atoms with E-state index in [1.54, 1.807) is 0 Å². The van der Waals surface area contributed by atoms with Gasteiger partial charge in [-0.25, -0.2) is 0 Å². The van der Waals surface area contributed by atoms with E-state index in [4.69, 9.17) is 9.11 Å². The second-order valence-corrected chi connectivity index (χ2v) is 8.24. The van der Waals surface area contributed by atoms with Crippen LogP contribution in [0.5, 0.6) is 0 Å². The van der Waals surface area contributed by atoms with E-state index in [9.17, 15) is 29.8 Å². The number of hydrogen-bond acceptors (Lipinski definition) is 6. The van der Waals surface area contributed by atoms with Gasteiger partial charge in [-0.3, -0.25) is 13.7 Å². The largest absolute Gasteiger partial charge is 0.297 e. The third kappa shape index (κ3) is 2.86. The average Bonchev–Trinajstić information content (AvgIpc) is 2.69. The Morgan fingerprint density at radius 2 is 1.33 bits per heavy atom. The molecule has 0 amide bonds. The van der Waals surface area contributed by atoms with E-state index in [-0.39, 0.29) is 17.5 Å². The Balaban J connectivity index is 3.18. The molecule has 0 atom stereocenters. The predicted octanol–water partition coefficient (Wildman–Crippen LogP) is -0.00400. The molecular formula is C9H8O9S3. The van der Waals surface area contributed by atoms with Crippen molar-refractivity contribution in [2.45, 2.75) is 21.1 Å². The van der Waals surface area contributed by atoms with Gasteiger partial charge in [0.15, 0.2) is 0 Å². The van der Waals surface area contributed by atoms with Crippen molar-refractivity contribution in [1.82, 2.24) is 0 Å². The Bertz CT molecular complexity index is 966. The quantitative estimate of drug-likeness (QED) is 0.632. The normalized spacial score (nSPS) is 15.2. The van der Waals surface area contributed by atoms with E-state index < -0.39 is 45.0 Å². The summed E-state index contributed by atoms with van der Waals surface area (Å²) in [5.74, 6) is 0. The second kappa shape index (κ2) is 4.59. The molecule has 9 nitrogen and oxygen atoms in total. The molecule has 0 spiro atoms. The Kier molecular flexibility index (Phi) is 3.51. The molecule has 0 aliphatic heterocycles. The van der Waals surface area contributed by atoms with Gasteiger partial charge >= 0.3 is 0 Å². The molecule has 116 valence electrons. The Morgan fingerprint density at radius 1 is 0.810 bits per heavy atom. The average molecular weight is 356 g/mol. The molecule has 0 saturated heterocycles. The number of fused-ring (bicyclic) bond motifs is 1. The summed E-state index contributed by atoms with van der Waals surface area (Å²) in [5, 5.41) is 0. The fourth-order valence-electron chi connectivity index (χ4n) is 2.05. The third-order valence-corrected chi connectivity index (χ3v) is 5.79. The zero-order valence-electron chi connectivity index (χ0n) is 9.96. The summed E-state index contributed by atoms with van der Waals surface area (Å²) in [6.07, 6.45) is 2.58. The first-order valence-electron chi connectivity index (χ1n) is 5.12. The van der Waals surface area contributed by atoms with E-state index in [2.05, 4.69) is 0 Å². The molecule has 0 radical (unpaired) electrons. The summed E-state index contributed by atoms with van der Waals surface area (Å²) in [4.78, 5) is -4.17. The van der Waals surface area contributed by atoms with Crippen molar-refractivity contribution in [2.24, 2.45) is 0 Å². The maximum Gasteiger partial charge on any atom is 0.297 e. The Hall–Kier alpha value is -1.31. The molecule has 2 rings (SSSR count). The fourth-order valence-corrected chi connectivity index (χ4v) is 5.51. The van der Waals surface area contributed by atoms with Crippen LogP contribution in [-0.2, 0) is 36.8 Å². The first-order chi connectivity index (χ1) is 9.33. The number of allylic oxidation sites excluding steroid dienone is 1. The van der Waals surface area contributed by atoms with E-state index in [1.807, 2.05) is 0 Å². The topological polar surface area (TPSA) is 163 Å². The molecule has 1 aliphatic rings. The van der Waals surface area contributed by atoms with Gasteiger partial charge in [-0.1, -0.05) is 12.2 Å². The lowest BCUT2D eigenvalue weighted by atomic mass is 10.1. The minimum Gasteiger partial charge on any atom is -0.282 e. The van der Waals surface area contributed by atoms with E-state index in [0.717, 1.165) is 0 Å². The molecule has 21 heavy (non-hydrogen) atoms. The lowest BCUT2D eigenvalue weighted by molar-refractivity contribution is 0.455. The first kappa shape index (κ1) is 16.1. The van der Waals surface area contributed by atoms with Crippen LogP contribution in [-0.4, -0.2) is 38.9 Å². The minimum atomic E-state index is -5.36. The van der Waals surface area contributed by atoms with Crippen molar-refractivity contribution in [2.75, 3.05) is 0 Å². The van der Waals surface area contributed by atoms with Crippen LogP contribution < -0.4 is 0 Å². The number of rotatable bonds is 3. The minimum absolute atomic E-state index is 0.0114. The van der Waals surface area contributed by atoms with Gasteiger partial charge < -0.3 is 0 Å². The van der Waals surface area contributed by atoms with Gasteiger partial charge in [-0.05, 0) is 23.6 Å². The maximum atomic E-state index is 11.4. The van der Waals surface area contributed by atoms with Crippen LogP contribution in [0.4, 0.5) is 0 Å². The van der Waals surface area contributed by atoms with E-state index in [0.29, 0.717) is 6.07 Å². The summed E-state index contributed by atoms with van der Waals surface area (Å²) in [6, 6.07) is 0.700. The van der Waals surface area contributed by atoms with Crippen LogP contribution in [0.25, 0.3) is 6.08 Å². The van der Waals surface area contributed by atoms with Crippen LogP contribution >= 0.6 is 0 Å². The molecular weight excluding hydrogens is 348 g/mol. The van der Waals surface area contributed by atoms with Gasteiger partial charge in [-0.2, -0.15) is 25.3 Å². The lowest BCUT2D eigenvalue weighted by Gasteiger charge is -2.13. The second-order valence-electron chi connectivity index (χ2n) is 4.13. The highest BCUT2D eigenvalue weighted by Crippen LogP contribution is 2.36. The SMILES string of the molecule is O=S(=O)(O)c1cc2c(c(S(=O)(=O)O)c1S(=O)(=O)O)CC=C2. The molecule has 0 heterocycles. The zero-order chi connectivity index (χ0) is 16.2. The lowest BCUT2D eigenvalue weighted by Crippen LogP contribution is -2.17. The molecule has 1 aromatic rings. The Morgan fingerprint density at radius 3 is 1.76 bits per heavy atom. The molecule has 0 aromatic heterocycles. The molecule has 12 heteroatoms. The van der Waals surface area contributed by atoms with Crippen molar-refractivity contribution in [1.29, 1.82) is 0 Å². The van der Waals surface area contributed by atoms with Crippen LogP contribution in [0.3, 0.4) is 0 Å². The van der Waals surface area contributed by atoms with Gasteiger partial charge in [0.2, 0.25) is 0 Å². The summed E-state index contributed by atoms with van der Waals surface area (Å²) in [5.41, 5.74) is -0.208. The molecule has 0 unspecified atom stereocenters. The summed E-state index contributed by atoms with van der Waals surface area (Å²) < 4.78 is 95.4. The van der Waals surface area contributed by atoms with Gasteiger partial charge in [0.1, 0.15) is 14.7 Å². The molecule has 0 fully saturated rings. The third-order valence-electron chi connectivity index (χ3n) is 2.75. The van der Waals surface area contributed by atoms with Crippen LogP contribution in [0.15, 0.2) is 26.8 Å². The maximum absolute atomic E-state index is 11.4.